The second kappa shape index (κ2) is 3.88. The Morgan fingerprint density at radius 3 is 2.58 bits per heavy atom. The number of hydrogen-bond acceptors (Lipinski definition) is 2. The zero-order chi connectivity index (χ0) is 9.14. The Balaban J connectivity index is 3.24. The topological polar surface area (TPSA) is 29.5 Å². The van der Waals surface area contributed by atoms with Crippen LogP contribution in [0.4, 0.5) is 0 Å². The van der Waals surface area contributed by atoms with E-state index in [1.807, 2.05) is 26.0 Å². The van der Waals surface area contributed by atoms with Gasteiger partial charge in [0.25, 0.3) is 0 Å². The van der Waals surface area contributed by atoms with E-state index in [1.54, 1.807) is 0 Å². The van der Waals surface area contributed by atoms with Gasteiger partial charge in [0, 0.05) is 5.56 Å². The zero-order valence-corrected chi connectivity index (χ0v) is 8.45. The van der Waals surface area contributed by atoms with E-state index >= 15 is 0 Å². The first-order valence-electron chi connectivity index (χ1n) is 3.76. The van der Waals surface area contributed by atoms with Crippen molar-refractivity contribution in [3.8, 4) is 5.75 Å². The molecule has 1 rings (SSSR count). The summed E-state index contributed by atoms with van der Waals surface area (Å²) in [5, 5.41) is 9.01. The van der Waals surface area contributed by atoms with Crippen LogP contribution < -0.4 is 4.52 Å². The minimum absolute atomic E-state index is 0.0201. The molecular weight excluding hydrogens is 171 g/mol. The fourth-order valence-corrected chi connectivity index (χ4v) is 1.67. The lowest BCUT2D eigenvalue weighted by molar-refractivity contribution is 0.278. The van der Waals surface area contributed by atoms with Crippen LogP contribution in [-0.2, 0) is 6.61 Å². The van der Waals surface area contributed by atoms with Crippen LogP contribution in [0.15, 0.2) is 12.1 Å². The van der Waals surface area contributed by atoms with Gasteiger partial charge in [0.05, 0.1) is 16.1 Å². The minimum Gasteiger partial charge on any atom is -0.480 e. The highest BCUT2D eigenvalue weighted by molar-refractivity contribution is 7.10. The van der Waals surface area contributed by atoms with Crippen LogP contribution in [0, 0.1) is 13.8 Å². The average molecular weight is 184 g/mol. The maximum atomic E-state index is 9.01. The van der Waals surface area contributed by atoms with Crippen molar-refractivity contribution in [2.24, 2.45) is 0 Å². The van der Waals surface area contributed by atoms with Gasteiger partial charge in [-0.1, -0.05) is 17.7 Å². The molecule has 0 saturated carbocycles. The Morgan fingerprint density at radius 1 is 1.42 bits per heavy atom. The van der Waals surface area contributed by atoms with Gasteiger partial charge >= 0.3 is 0 Å². The van der Waals surface area contributed by atoms with E-state index in [1.165, 1.54) is 0 Å². The second-order valence-corrected chi connectivity index (χ2v) is 3.08. The average Bonchev–Trinajstić information content (AvgIpc) is 2.03. The smallest absolute Gasteiger partial charge is 0.130 e. The summed E-state index contributed by atoms with van der Waals surface area (Å²) < 4.78 is 5.08. The quantitative estimate of drug-likeness (QED) is 0.712. The van der Waals surface area contributed by atoms with Crippen LogP contribution in [0.5, 0.6) is 5.75 Å². The molecule has 1 aromatic rings. The molecule has 1 unspecified atom stereocenters. The van der Waals surface area contributed by atoms with Gasteiger partial charge in [-0.25, -0.2) is 0 Å². The third-order valence-electron chi connectivity index (χ3n) is 1.78. The standard InChI is InChI=1S/C9H13O2P/c1-6-3-7(2)9(11-12)8(4-6)5-10/h3-4,10H,5,12H2,1-2H3. The Labute approximate surface area is 74.9 Å². The van der Waals surface area contributed by atoms with Gasteiger partial charge in [-0.05, 0) is 19.4 Å². The Bertz CT molecular complexity index is 284. The first-order valence-corrected chi connectivity index (χ1v) is 4.24. The highest BCUT2D eigenvalue weighted by Gasteiger charge is 2.05. The molecule has 0 aromatic heterocycles. The molecule has 0 aliphatic rings. The van der Waals surface area contributed by atoms with Crippen molar-refractivity contribution in [1.82, 2.24) is 0 Å². The maximum absolute atomic E-state index is 9.01. The summed E-state index contributed by atoms with van der Waals surface area (Å²) in [6.45, 7) is 3.98. The molecule has 12 heavy (non-hydrogen) atoms. The predicted octanol–water partition coefficient (Wildman–Crippen LogP) is 1.96. The second-order valence-electron chi connectivity index (χ2n) is 2.85. The third kappa shape index (κ3) is 1.77. The molecule has 0 radical (unpaired) electrons. The monoisotopic (exact) mass is 184 g/mol. The molecular formula is C9H13O2P. The van der Waals surface area contributed by atoms with Crippen molar-refractivity contribution in [3.05, 3.63) is 28.8 Å². The molecule has 0 aliphatic carbocycles. The van der Waals surface area contributed by atoms with Crippen LogP contribution in [0.2, 0.25) is 0 Å². The molecule has 66 valence electrons. The Morgan fingerprint density at radius 2 is 2.08 bits per heavy atom. The fraction of sp³-hybridized carbons (Fsp3) is 0.333. The lowest BCUT2D eigenvalue weighted by atomic mass is 10.1. The first-order chi connectivity index (χ1) is 5.69. The lowest BCUT2D eigenvalue weighted by Gasteiger charge is -2.10. The summed E-state index contributed by atoms with van der Waals surface area (Å²) >= 11 is 0. The molecule has 0 heterocycles. The number of rotatable bonds is 2. The molecule has 0 saturated heterocycles. The third-order valence-corrected chi connectivity index (χ3v) is 2.02. The summed E-state index contributed by atoms with van der Waals surface area (Å²) in [6.07, 6.45) is 0. The number of aliphatic hydroxyl groups is 1. The van der Waals surface area contributed by atoms with Gasteiger partial charge in [0.15, 0.2) is 0 Å². The maximum Gasteiger partial charge on any atom is 0.130 e. The normalized spacial score (nSPS) is 10.0. The number of benzene rings is 1. The van der Waals surface area contributed by atoms with Crippen LogP contribution in [0.3, 0.4) is 0 Å². The van der Waals surface area contributed by atoms with E-state index in [9.17, 15) is 0 Å². The van der Waals surface area contributed by atoms with Crippen LogP contribution in [0.25, 0.3) is 0 Å². The van der Waals surface area contributed by atoms with E-state index in [4.69, 9.17) is 9.63 Å². The van der Waals surface area contributed by atoms with Gasteiger partial charge in [-0.15, -0.1) is 0 Å². The molecule has 3 heteroatoms. The molecule has 0 bridgehead atoms. The van der Waals surface area contributed by atoms with Crippen LogP contribution in [0.1, 0.15) is 16.7 Å². The van der Waals surface area contributed by atoms with Crippen molar-refractivity contribution in [2.45, 2.75) is 20.5 Å². The van der Waals surface area contributed by atoms with E-state index in [0.29, 0.717) is 0 Å². The summed E-state index contributed by atoms with van der Waals surface area (Å²) in [4.78, 5) is 0. The number of aryl methyl sites for hydroxylation is 2. The number of hydrogen-bond donors (Lipinski definition) is 1. The molecule has 0 spiro atoms. The van der Waals surface area contributed by atoms with Gasteiger partial charge < -0.3 is 9.63 Å². The Kier molecular flexibility index (Phi) is 3.07. The van der Waals surface area contributed by atoms with Crippen molar-refractivity contribution >= 4 is 9.47 Å². The molecule has 1 N–H and O–H groups in total. The van der Waals surface area contributed by atoms with Gasteiger partial charge in [-0.3, -0.25) is 0 Å². The van der Waals surface area contributed by atoms with Crippen molar-refractivity contribution in [3.63, 3.8) is 0 Å². The summed E-state index contributed by atoms with van der Waals surface area (Å²) in [7, 11) is 2.20. The minimum atomic E-state index is 0.0201. The first kappa shape index (κ1) is 9.50. The molecule has 0 fully saturated rings. The van der Waals surface area contributed by atoms with Gasteiger partial charge in [0.2, 0.25) is 0 Å². The van der Waals surface area contributed by atoms with Crippen LogP contribution >= 0.6 is 9.47 Å². The summed E-state index contributed by atoms with van der Waals surface area (Å²) in [5.74, 6) is 0.758. The molecule has 2 nitrogen and oxygen atoms in total. The summed E-state index contributed by atoms with van der Waals surface area (Å²) in [6, 6.07) is 3.95. The van der Waals surface area contributed by atoms with E-state index in [0.717, 1.165) is 22.4 Å². The largest absolute Gasteiger partial charge is 0.480 e. The fourth-order valence-electron chi connectivity index (χ4n) is 1.33. The lowest BCUT2D eigenvalue weighted by Crippen LogP contribution is -1.92. The molecule has 1 aromatic carbocycles. The highest BCUT2D eigenvalue weighted by Crippen LogP contribution is 2.26. The van der Waals surface area contributed by atoms with E-state index < -0.39 is 0 Å². The molecule has 0 aliphatic heterocycles. The molecule has 0 amide bonds. The van der Waals surface area contributed by atoms with Gasteiger partial charge in [-0.2, -0.15) is 0 Å². The van der Waals surface area contributed by atoms with Crippen molar-refractivity contribution in [2.75, 3.05) is 0 Å². The van der Waals surface area contributed by atoms with Crippen molar-refractivity contribution in [1.29, 1.82) is 0 Å². The number of aliphatic hydroxyl groups excluding tert-OH is 1. The van der Waals surface area contributed by atoms with E-state index in [-0.39, 0.29) is 6.61 Å². The van der Waals surface area contributed by atoms with Gasteiger partial charge in [0.1, 0.15) is 5.75 Å². The highest BCUT2D eigenvalue weighted by atomic mass is 31.0. The molecule has 1 atom stereocenters. The predicted molar refractivity (Wildman–Crippen MR) is 52.2 cm³/mol. The Hall–Kier alpha value is -0.590. The zero-order valence-electron chi connectivity index (χ0n) is 7.29. The summed E-state index contributed by atoms with van der Waals surface area (Å²) in [5.41, 5.74) is 3.03. The van der Waals surface area contributed by atoms with E-state index in [2.05, 4.69) is 9.47 Å². The van der Waals surface area contributed by atoms with Crippen molar-refractivity contribution < 1.29 is 9.63 Å². The SMILES string of the molecule is Cc1cc(C)c(OP)c(CO)c1. The van der Waals surface area contributed by atoms with Crippen LogP contribution in [-0.4, -0.2) is 5.11 Å².